The SMILES string of the molecule is CCOCC[NH+](CCCN(Cc1cc(C)cc(C)c1)C(=O)c1cc(C)cc(C)c1)Cc1cc(C)cc(C)c1. The third-order valence-corrected chi connectivity index (χ3v) is 6.91. The summed E-state index contributed by atoms with van der Waals surface area (Å²) in [7, 11) is 0. The van der Waals surface area contributed by atoms with Crippen LogP contribution in [0.25, 0.3) is 0 Å². The number of rotatable bonds is 13. The molecule has 204 valence electrons. The van der Waals surface area contributed by atoms with Crippen LogP contribution in [0.2, 0.25) is 0 Å². The van der Waals surface area contributed by atoms with Crippen molar-refractivity contribution >= 4 is 5.91 Å². The predicted molar refractivity (Wildman–Crippen MR) is 158 cm³/mol. The molecule has 0 heterocycles. The van der Waals surface area contributed by atoms with Crippen LogP contribution < -0.4 is 4.90 Å². The van der Waals surface area contributed by atoms with Crippen LogP contribution in [0.4, 0.5) is 0 Å². The van der Waals surface area contributed by atoms with E-state index in [1.807, 2.05) is 24.0 Å². The second kappa shape index (κ2) is 14.3. The lowest BCUT2D eigenvalue weighted by molar-refractivity contribution is -0.914. The molecule has 4 heteroatoms. The number of amides is 1. The van der Waals surface area contributed by atoms with Crippen molar-refractivity contribution in [3.05, 3.63) is 105 Å². The van der Waals surface area contributed by atoms with Gasteiger partial charge in [0.15, 0.2) is 0 Å². The van der Waals surface area contributed by atoms with E-state index in [9.17, 15) is 4.79 Å². The van der Waals surface area contributed by atoms with Gasteiger partial charge >= 0.3 is 0 Å². The largest absolute Gasteiger partial charge is 0.376 e. The molecule has 0 aliphatic carbocycles. The van der Waals surface area contributed by atoms with E-state index in [0.29, 0.717) is 6.54 Å². The molecule has 0 saturated carbocycles. The molecular formula is C34H47N2O2+. The van der Waals surface area contributed by atoms with Gasteiger partial charge in [0, 0.05) is 37.2 Å². The number of carbonyl (C=O) groups is 1. The molecule has 0 saturated heterocycles. The molecule has 1 atom stereocenters. The van der Waals surface area contributed by atoms with Crippen molar-refractivity contribution in [2.24, 2.45) is 0 Å². The lowest BCUT2D eigenvalue weighted by Crippen LogP contribution is -3.11. The molecule has 3 aromatic rings. The Labute approximate surface area is 230 Å². The molecular weight excluding hydrogens is 468 g/mol. The summed E-state index contributed by atoms with van der Waals surface area (Å²) in [5.74, 6) is 0.112. The summed E-state index contributed by atoms with van der Waals surface area (Å²) in [6, 6.07) is 19.6. The molecule has 3 aromatic carbocycles. The highest BCUT2D eigenvalue weighted by Gasteiger charge is 2.19. The minimum Gasteiger partial charge on any atom is -0.376 e. The highest BCUT2D eigenvalue weighted by molar-refractivity contribution is 5.94. The first-order chi connectivity index (χ1) is 18.1. The van der Waals surface area contributed by atoms with Gasteiger partial charge in [-0.15, -0.1) is 0 Å². The molecule has 3 rings (SSSR count). The minimum atomic E-state index is 0.112. The molecule has 38 heavy (non-hydrogen) atoms. The van der Waals surface area contributed by atoms with Gasteiger partial charge in [0.05, 0.1) is 13.2 Å². The van der Waals surface area contributed by atoms with Crippen LogP contribution in [-0.4, -0.2) is 43.7 Å². The zero-order chi connectivity index (χ0) is 27.7. The molecule has 0 fully saturated rings. The Morgan fingerprint density at radius 2 is 1.21 bits per heavy atom. The number of carbonyl (C=O) groups excluding carboxylic acids is 1. The van der Waals surface area contributed by atoms with E-state index in [4.69, 9.17) is 4.74 Å². The third-order valence-electron chi connectivity index (χ3n) is 6.91. The number of quaternary nitrogens is 1. The Kier molecular flexibility index (Phi) is 11.1. The quantitative estimate of drug-likeness (QED) is 0.297. The van der Waals surface area contributed by atoms with Crippen LogP contribution in [0.5, 0.6) is 0 Å². The molecule has 0 bridgehead atoms. The molecule has 1 unspecified atom stereocenters. The van der Waals surface area contributed by atoms with Crippen molar-refractivity contribution in [2.45, 2.75) is 68.0 Å². The van der Waals surface area contributed by atoms with Crippen LogP contribution in [0.15, 0.2) is 54.6 Å². The number of aryl methyl sites for hydroxylation is 6. The van der Waals surface area contributed by atoms with Gasteiger partial charge < -0.3 is 14.5 Å². The number of nitrogens with one attached hydrogen (secondary N) is 1. The Bertz CT molecular complexity index is 1160. The van der Waals surface area contributed by atoms with Gasteiger partial charge in [-0.3, -0.25) is 4.79 Å². The topological polar surface area (TPSA) is 34.0 Å². The Morgan fingerprint density at radius 3 is 1.74 bits per heavy atom. The number of ether oxygens (including phenoxy) is 1. The Hall–Kier alpha value is -2.95. The summed E-state index contributed by atoms with van der Waals surface area (Å²) in [6.07, 6.45) is 0.938. The Balaban J connectivity index is 1.76. The number of nitrogens with zero attached hydrogens (tertiary/aromatic N) is 1. The Morgan fingerprint density at radius 1 is 0.711 bits per heavy atom. The first-order valence-corrected chi connectivity index (χ1v) is 14.1. The zero-order valence-corrected chi connectivity index (χ0v) is 24.6. The lowest BCUT2D eigenvalue weighted by Gasteiger charge is -2.26. The van der Waals surface area contributed by atoms with E-state index in [2.05, 4.69) is 84.0 Å². The summed E-state index contributed by atoms with van der Waals surface area (Å²) in [5.41, 5.74) is 10.7. The molecule has 1 amide bonds. The zero-order valence-electron chi connectivity index (χ0n) is 24.6. The smallest absolute Gasteiger partial charge is 0.254 e. The van der Waals surface area contributed by atoms with Crippen molar-refractivity contribution < 1.29 is 14.4 Å². The highest BCUT2D eigenvalue weighted by Crippen LogP contribution is 2.16. The number of hydrogen-bond donors (Lipinski definition) is 1. The standard InChI is InChI=1S/C34H46N2O2/c1-8-38-13-12-35(23-31-17-25(2)14-26(3)18-31)10-9-11-36(24-32-19-27(4)15-28(5)20-32)34(37)33-21-29(6)16-30(7)22-33/h14-22H,8-13,23-24H2,1-7H3/p+1. The molecule has 4 nitrogen and oxygen atoms in total. The van der Waals surface area contributed by atoms with E-state index < -0.39 is 0 Å². The van der Waals surface area contributed by atoms with Crippen LogP contribution in [-0.2, 0) is 17.8 Å². The lowest BCUT2D eigenvalue weighted by atomic mass is 10.0. The first-order valence-electron chi connectivity index (χ1n) is 14.1. The van der Waals surface area contributed by atoms with E-state index in [0.717, 1.165) is 62.5 Å². The van der Waals surface area contributed by atoms with Gasteiger partial charge in [-0.05, 0) is 66.2 Å². The van der Waals surface area contributed by atoms with E-state index in [1.54, 1.807) is 0 Å². The van der Waals surface area contributed by atoms with Crippen molar-refractivity contribution in [2.75, 3.05) is 32.8 Å². The molecule has 0 radical (unpaired) electrons. The maximum atomic E-state index is 13.8. The van der Waals surface area contributed by atoms with E-state index in [1.165, 1.54) is 38.3 Å². The normalized spacial score (nSPS) is 12.0. The minimum absolute atomic E-state index is 0.112. The van der Waals surface area contributed by atoms with Gasteiger partial charge in [0.1, 0.15) is 13.1 Å². The first kappa shape index (κ1) is 29.6. The third kappa shape index (κ3) is 9.41. The van der Waals surface area contributed by atoms with E-state index in [-0.39, 0.29) is 5.91 Å². The fourth-order valence-corrected chi connectivity index (χ4v) is 5.56. The average Bonchev–Trinajstić information content (AvgIpc) is 2.81. The maximum absolute atomic E-state index is 13.8. The van der Waals surface area contributed by atoms with Crippen LogP contribution in [0.3, 0.4) is 0 Å². The summed E-state index contributed by atoms with van der Waals surface area (Å²) >= 11 is 0. The second-order valence-electron chi connectivity index (χ2n) is 11.1. The monoisotopic (exact) mass is 515 g/mol. The van der Waals surface area contributed by atoms with Crippen molar-refractivity contribution in [1.82, 2.24) is 4.90 Å². The molecule has 0 aliphatic heterocycles. The summed E-state index contributed by atoms with van der Waals surface area (Å²) in [4.78, 5) is 17.3. The van der Waals surface area contributed by atoms with Crippen LogP contribution in [0.1, 0.15) is 68.2 Å². The van der Waals surface area contributed by atoms with Crippen LogP contribution >= 0.6 is 0 Å². The summed E-state index contributed by atoms with van der Waals surface area (Å²) in [5, 5.41) is 0. The maximum Gasteiger partial charge on any atom is 0.254 e. The van der Waals surface area contributed by atoms with Gasteiger partial charge in [-0.2, -0.15) is 0 Å². The fourth-order valence-electron chi connectivity index (χ4n) is 5.56. The highest BCUT2D eigenvalue weighted by atomic mass is 16.5. The van der Waals surface area contributed by atoms with Crippen molar-refractivity contribution in [3.8, 4) is 0 Å². The van der Waals surface area contributed by atoms with Gasteiger partial charge in [-0.1, -0.05) is 75.8 Å². The predicted octanol–water partition coefficient (Wildman–Crippen LogP) is 5.69. The van der Waals surface area contributed by atoms with Crippen LogP contribution in [0, 0.1) is 41.5 Å². The number of benzene rings is 3. The fraction of sp³-hybridized carbons (Fsp3) is 0.441. The van der Waals surface area contributed by atoms with Gasteiger partial charge in [0.2, 0.25) is 0 Å². The molecule has 0 aromatic heterocycles. The summed E-state index contributed by atoms with van der Waals surface area (Å²) in [6.45, 7) is 20.5. The summed E-state index contributed by atoms with van der Waals surface area (Å²) < 4.78 is 5.71. The average molecular weight is 516 g/mol. The number of hydrogen-bond acceptors (Lipinski definition) is 2. The van der Waals surface area contributed by atoms with Gasteiger partial charge in [-0.25, -0.2) is 0 Å². The van der Waals surface area contributed by atoms with Crippen molar-refractivity contribution in [1.29, 1.82) is 0 Å². The van der Waals surface area contributed by atoms with Gasteiger partial charge in [0.25, 0.3) is 5.91 Å². The molecule has 0 spiro atoms. The molecule has 1 N–H and O–H groups in total. The second-order valence-corrected chi connectivity index (χ2v) is 11.1. The van der Waals surface area contributed by atoms with Crippen molar-refractivity contribution in [3.63, 3.8) is 0 Å². The molecule has 0 aliphatic rings. The van der Waals surface area contributed by atoms with E-state index >= 15 is 0 Å².